The summed E-state index contributed by atoms with van der Waals surface area (Å²) in [6.45, 7) is 25.9. The van der Waals surface area contributed by atoms with Crippen LogP contribution in [0.25, 0.3) is 0 Å². The van der Waals surface area contributed by atoms with Crippen LogP contribution >= 0.6 is 15.9 Å². The monoisotopic (exact) mass is 676 g/mol. The van der Waals surface area contributed by atoms with E-state index in [9.17, 15) is 9.59 Å². The van der Waals surface area contributed by atoms with Crippen molar-refractivity contribution in [3.05, 3.63) is 53.0 Å². The number of esters is 2. The van der Waals surface area contributed by atoms with Gasteiger partial charge in [-0.1, -0.05) is 28.1 Å². The second kappa shape index (κ2) is 13.4. The first kappa shape index (κ1) is 37.6. The maximum absolute atomic E-state index is 12.3. The van der Waals surface area contributed by atoms with Gasteiger partial charge in [-0.05, 0) is 139 Å². The molecule has 0 aliphatic carbocycles. The standard InChI is InChI=1S/C20H31BO5.C14H19BrO3/c1-17(2,3)24-16(22)18(4,5)23-15-12-10-14(11-13-15)21-25-19(6,7)20(8,9)26-21;1-13(2,3)18-12(16)14(4,5)17-11-8-6-10(15)7-9-11/h10-13H,1-9H3;6-9H,1-5H3. The van der Waals surface area contributed by atoms with E-state index in [4.69, 9.17) is 28.3 Å². The van der Waals surface area contributed by atoms with Gasteiger partial charge in [0.25, 0.3) is 0 Å². The van der Waals surface area contributed by atoms with E-state index in [1.54, 1.807) is 39.8 Å². The van der Waals surface area contributed by atoms with Gasteiger partial charge in [0.2, 0.25) is 0 Å². The number of carbonyl (C=O) groups is 2. The van der Waals surface area contributed by atoms with E-state index in [-0.39, 0.29) is 17.2 Å². The van der Waals surface area contributed by atoms with Crippen molar-refractivity contribution in [1.82, 2.24) is 0 Å². The summed E-state index contributed by atoms with van der Waals surface area (Å²) < 4.78 is 35.3. The van der Waals surface area contributed by atoms with Gasteiger partial charge in [-0.3, -0.25) is 0 Å². The Labute approximate surface area is 272 Å². The average Bonchev–Trinajstić information content (AvgIpc) is 3.05. The topological polar surface area (TPSA) is 89.5 Å². The van der Waals surface area contributed by atoms with Crippen LogP contribution in [0.1, 0.15) is 96.9 Å². The third-order valence-electron chi connectivity index (χ3n) is 6.75. The Hall–Kier alpha value is -2.56. The van der Waals surface area contributed by atoms with Crippen LogP contribution in [0.4, 0.5) is 0 Å². The van der Waals surface area contributed by atoms with Crippen LogP contribution in [-0.4, -0.2) is 52.7 Å². The predicted molar refractivity (Wildman–Crippen MR) is 177 cm³/mol. The maximum atomic E-state index is 12.3. The molecule has 0 amide bonds. The number of benzene rings is 2. The molecule has 0 bridgehead atoms. The first-order valence-electron chi connectivity index (χ1n) is 14.8. The van der Waals surface area contributed by atoms with Crippen molar-refractivity contribution in [1.29, 1.82) is 0 Å². The van der Waals surface area contributed by atoms with Crippen molar-refractivity contribution in [2.75, 3.05) is 0 Å². The Bertz CT molecular complexity index is 1250. The zero-order chi connectivity index (χ0) is 33.9. The van der Waals surface area contributed by atoms with Crippen molar-refractivity contribution in [3.8, 4) is 11.5 Å². The molecule has 244 valence electrons. The molecule has 10 heteroatoms. The van der Waals surface area contributed by atoms with Gasteiger partial charge in [0.1, 0.15) is 22.7 Å². The number of hydrogen-bond donors (Lipinski definition) is 0. The summed E-state index contributed by atoms with van der Waals surface area (Å²) in [5.74, 6) is 0.438. The van der Waals surface area contributed by atoms with Crippen LogP contribution in [0.15, 0.2) is 53.0 Å². The van der Waals surface area contributed by atoms with Crippen molar-refractivity contribution in [2.45, 2.75) is 131 Å². The highest BCUT2D eigenvalue weighted by Crippen LogP contribution is 2.36. The van der Waals surface area contributed by atoms with E-state index in [1.165, 1.54) is 0 Å². The van der Waals surface area contributed by atoms with Crippen LogP contribution < -0.4 is 14.9 Å². The third kappa shape index (κ3) is 11.1. The molecule has 0 atom stereocenters. The largest absolute Gasteiger partial charge is 0.494 e. The summed E-state index contributed by atoms with van der Waals surface area (Å²) in [5.41, 5.74) is -3.03. The molecule has 8 nitrogen and oxygen atoms in total. The number of hydrogen-bond acceptors (Lipinski definition) is 8. The van der Waals surface area contributed by atoms with Gasteiger partial charge in [-0.15, -0.1) is 0 Å². The van der Waals surface area contributed by atoms with Crippen LogP contribution in [0.3, 0.4) is 0 Å². The molecule has 0 unspecified atom stereocenters. The number of carbonyl (C=O) groups excluding carboxylic acids is 2. The summed E-state index contributed by atoms with van der Waals surface area (Å²) in [4.78, 5) is 24.3. The predicted octanol–water partition coefficient (Wildman–Crippen LogP) is 7.43. The molecule has 3 rings (SSSR count). The van der Waals surface area contributed by atoms with Gasteiger partial charge in [0, 0.05) is 4.47 Å². The Morgan fingerprint density at radius 2 is 0.932 bits per heavy atom. The van der Waals surface area contributed by atoms with Gasteiger partial charge in [0.15, 0.2) is 11.2 Å². The molecule has 44 heavy (non-hydrogen) atoms. The number of ether oxygens (including phenoxy) is 4. The molecule has 1 fully saturated rings. The van der Waals surface area contributed by atoms with Gasteiger partial charge in [-0.25, -0.2) is 9.59 Å². The minimum Gasteiger partial charge on any atom is -0.476 e. The van der Waals surface area contributed by atoms with Crippen molar-refractivity contribution < 1.29 is 37.8 Å². The maximum Gasteiger partial charge on any atom is 0.494 e. The lowest BCUT2D eigenvalue weighted by atomic mass is 9.79. The molecule has 0 spiro atoms. The van der Waals surface area contributed by atoms with Crippen LogP contribution in [0, 0.1) is 0 Å². The molecular formula is C34H50BBrO8. The van der Waals surface area contributed by atoms with Crippen LogP contribution in [0.2, 0.25) is 0 Å². The van der Waals surface area contributed by atoms with Gasteiger partial charge < -0.3 is 28.3 Å². The van der Waals surface area contributed by atoms with E-state index < -0.39 is 35.5 Å². The summed E-state index contributed by atoms with van der Waals surface area (Å²) >= 11 is 3.35. The van der Waals surface area contributed by atoms with Crippen molar-refractivity contribution in [2.24, 2.45) is 0 Å². The molecule has 1 aliphatic rings. The van der Waals surface area contributed by atoms with E-state index in [2.05, 4.69) is 15.9 Å². The van der Waals surface area contributed by atoms with E-state index in [1.807, 2.05) is 106 Å². The highest BCUT2D eigenvalue weighted by Gasteiger charge is 2.51. The van der Waals surface area contributed by atoms with E-state index in [0.29, 0.717) is 11.5 Å². The van der Waals surface area contributed by atoms with E-state index >= 15 is 0 Å². The molecule has 0 saturated carbocycles. The molecular weight excluding hydrogens is 627 g/mol. The smallest absolute Gasteiger partial charge is 0.476 e. The molecule has 1 aliphatic heterocycles. The summed E-state index contributed by atoms with van der Waals surface area (Å²) in [7, 11) is -0.423. The summed E-state index contributed by atoms with van der Waals surface area (Å²) in [6.07, 6.45) is 0. The Morgan fingerprint density at radius 1 is 0.614 bits per heavy atom. The minimum atomic E-state index is -1.08. The van der Waals surface area contributed by atoms with Crippen molar-refractivity contribution >= 4 is 40.4 Å². The zero-order valence-electron chi connectivity index (χ0n) is 28.8. The second-order valence-corrected chi connectivity index (χ2v) is 15.8. The first-order chi connectivity index (χ1) is 19.7. The van der Waals surface area contributed by atoms with Gasteiger partial charge in [-0.2, -0.15) is 0 Å². The lowest BCUT2D eigenvalue weighted by molar-refractivity contribution is -0.171. The highest BCUT2D eigenvalue weighted by atomic mass is 79.9. The fraction of sp³-hybridized carbons (Fsp3) is 0.588. The highest BCUT2D eigenvalue weighted by molar-refractivity contribution is 9.10. The SMILES string of the molecule is CC(C)(C)OC(=O)C(C)(C)Oc1ccc(B2OC(C)(C)C(C)(C)O2)cc1.CC(C)(C)OC(=O)C(C)(C)Oc1ccc(Br)cc1. The molecule has 2 aromatic carbocycles. The number of halogens is 1. The first-order valence-corrected chi connectivity index (χ1v) is 15.6. The quantitative estimate of drug-likeness (QED) is 0.221. The fourth-order valence-electron chi connectivity index (χ4n) is 3.65. The molecule has 0 radical (unpaired) electrons. The third-order valence-corrected chi connectivity index (χ3v) is 7.27. The second-order valence-electron chi connectivity index (χ2n) is 14.8. The Kier molecular flexibility index (Phi) is 11.5. The normalized spacial score (nSPS) is 16.4. The number of rotatable bonds is 7. The van der Waals surface area contributed by atoms with E-state index in [0.717, 1.165) is 9.94 Å². The Morgan fingerprint density at radius 3 is 1.25 bits per heavy atom. The summed E-state index contributed by atoms with van der Waals surface area (Å²) in [5, 5.41) is 0. The molecule has 1 heterocycles. The fourth-order valence-corrected chi connectivity index (χ4v) is 3.91. The lowest BCUT2D eigenvalue weighted by Gasteiger charge is -2.32. The van der Waals surface area contributed by atoms with Crippen LogP contribution in [-0.2, 0) is 28.4 Å². The minimum absolute atomic E-state index is 0.377. The molecule has 0 aromatic heterocycles. The van der Waals surface area contributed by atoms with Gasteiger partial charge in [0.05, 0.1) is 11.2 Å². The lowest BCUT2D eigenvalue weighted by Crippen LogP contribution is -2.43. The average molecular weight is 677 g/mol. The van der Waals surface area contributed by atoms with Gasteiger partial charge >= 0.3 is 19.1 Å². The molecule has 1 saturated heterocycles. The Balaban J connectivity index is 0.000000329. The molecule has 0 N–H and O–H groups in total. The molecule has 2 aromatic rings. The van der Waals surface area contributed by atoms with Crippen molar-refractivity contribution in [3.63, 3.8) is 0 Å². The zero-order valence-corrected chi connectivity index (χ0v) is 30.4. The summed E-state index contributed by atoms with van der Waals surface area (Å²) in [6, 6.07) is 14.7. The van der Waals surface area contributed by atoms with Crippen LogP contribution in [0.5, 0.6) is 11.5 Å².